The fourth-order valence-corrected chi connectivity index (χ4v) is 4.59. The van der Waals surface area contributed by atoms with Crippen LogP contribution in [0, 0.1) is 6.92 Å². The molecule has 0 unspecified atom stereocenters. The molecule has 3 heterocycles. The highest BCUT2D eigenvalue weighted by Gasteiger charge is 2.26. The van der Waals surface area contributed by atoms with Crippen LogP contribution in [0.4, 0.5) is 5.95 Å². The van der Waals surface area contributed by atoms with Gasteiger partial charge in [-0.05, 0) is 45.3 Å². The van der Waals surface area contributed by atoms with Gasteiger partial charge >= 0.3 is 0 Å². The van der Waals surface area contributed by atoms with Crippen molar-refractivity contribution in [3.05, 3.63) is 46.3 Å². The number of allylic oxidation sites excluding steroid dienone is 3. The predicted molar refractivity (Wildman–Crippen MR) is 130 cm³/mol. The molecule has 180 valence electrons. The van der Waals surface area contributed by atoms with E-state index < -0.39 is 0 Å². The number of amides is 1. The van der Waals surface area contributed by atoms with E-state index in [4.69, 9.17) is 9.72 Å². The second kappa shape index (κ2) is 9.89. The molecular weight excluding hydrogens is 432 g/mol. The zero-order valence-corrected chi connectivity index (χ0v) is 20.5. The van der Waals surface area contributed by atoms with Crippen molar-refractivity contribution in [2.24, 2.45) is 7.05 Å². The highest BCUT2D eigenvalue weighted by Crippen LogP contribution is 2.27. The molecule has 4 rings (SSSR count). The summed E-state index contributed by atoms with van der Waals surface area (Å²) in [5, 5.41) is 7.19. The van der Waals surface area contributed by atoms with Crippen molar-refractivity contribution in [1.82, 2.24) is 25.1 Å². The highest BCUT2D eigenvalue weighted by molar-refractivity contribution is 6.01. The summed E-state index contributed by atoms with van der Waals surface area (Å²) in [6, 6.07) is 1.88. The number of hydrogen-bond acceptors (Lipinski definition) is 7. The standard InChI is InChI=1S/C25H32N6O3/c1-15-12-16(2)19(21(32)13-15)14-26-24(33)23-17(3)22(20-6-9-27-30(20)4)28-25(29-23)31-10-7-18(34-5)8-11-31/h6,9,12,18H,7-8,10-11,13-14H2,1-5H3,(H,26,33). The number of piperidine rings is 1. The van der Waals surface area contributed by atoms with Gasteiger partial charge in [-0.1, -0.05) is 11.6 Å². The van der Waals surface area contributed by atoms with Gasteiger partial charge in [0.15, 0.2) is 5.78 Å². The van der Waals surface area contributed by atoms with Crippen LogP contribution < -0.4 is 10.2 Å². The van der Waals surface area contributed by atoms with Crippen molar-refractivity contribution in [1.29, 1.82) is 0 Å². The van der Waals surface area contributed by atoms with E-state index in [-0.39, 0.29) is 24.3 Å². The van der Waals surface area contributed by atoms with Crippen LogP contribution in [0.5, 0.6) is 0 Å². The fraction of sp³-hybridized carbons (Fsp3) is 0.480. The maximum Gasteiger partial charge on any atom is 0.270 e. The van der Waals surface area contributed by atoms with Gasteiger partial charge in [0.1, 0.15) is 5.69 Å². The lowest BCUT2D eigenvalue weighted by Crippen LogP contribution is -2.38. The van der Waals surface area contributed by atoms with E-state index in [1.807, 2.05) is 40.0 Å². The molecule has 2 aromatic rings. The van der Waals surface area contributed by atoms with Crippen molar-refractivity contribution >= 4 is 17.6 Å². The minimum Gasteiger partial charge on any atom is -0.381 e. The highest BCUT2D eigenvalue weighted by atomic mass is 16.5. The Morgan fingerprint density at radius 3 is 2.56 bits per heavy atom. The zero-order chi connectivity index (χ0) is 24.4. The number of carbonyl (C=O) groups excluding carboxylic acids is 2. The summed E-state index contributed by atoms with van der Waals surface area (Å²) >= 11 is 0. The topological polar surface area (TPSA) is 102 Å². The zero-order valence-electron chi connectivity index (χ0n) is 20.5. The Morgan fingerprint density at radius 2 is 1.94 bits per heavy atom. The third-order valence-electron chi connectivity index (χ3n) is 6.61. The molecule has 9 heteroatoms. The number of rotatable bonds is 6. The van der Waals surface area contributed by atoms with Gasteiger partial charge in [-0.15, -0.1) is 0 Å². The molecule has 1 N–H and O–H groups in total. The van der Waals surface area contributed by atoms with Crippen LogP contribution >= 0.6 is 0 Å². The van der Waals surface area contributed by atoms with Crippen LogP contribution in [0.3, 0.4) is 0 Å². The number of nitrogens with one attached hydrogen (secondary N) is 1. The lowest BCUT2D eigenvalue weighted by molar-refractivity contribution is -0.115. The largest absolute Gasteiger partial charge is 0.381 e. The van der Waals surface area contributed by atoms with E-state index >= 15 is 0 Å². The Bertz CT molecular complexity index is 1170. The molecule has 2 aliphatic rings. The summed E-state index contributed by atoms with van der Waals surface area (Å²) in [6.07, 6.45) is 6.07. The Kier molecular flexibility index (Phi) is 6.92. The summed E-state index contributed by atoms with van der Waals surface area (Å²) in [7, 11) is 3.58. The molecule has 34 heavy (non-hydrogen) atoms. The maximum atomic E-state index is 13.3. The first-order chi connectivity index (χ1) is 16.3. The van der Waals surface area contributed by atoms with Crippen LogP contribution in [-0.4, -0.2) is 64.3 Å². The molecule has 0 saturated carbocycles. The van der Waals surface area contributed by atoms with Gasteiger partial charge in [0.2, 0.25) is 5.95 Å². The van der Waals surface area contributed by atoms with Crippen LogP contribution in [-0.2, 0) is 16.6 Å². The SMILES string of the molecule is COC1CCN(c2nc(C(=O)NCC3=C(C)C=C(C)CC3=O)c(C)c(-c3ccnn3C)n2)CC1. The maximum absolute atomic E-state index is 13.3. The third-order valence-corrected chi connectivity index (χ3v) is 6.61. The molecule has 1 fully saturated rings. The number of carbonyl (C=O) groups is 2. The Morgan fingerprint density at radius 1 is 1.21 bits per heavy atom. The fourth-order valence-electron chi connectivity index (χ4n) is 4.59. The average Bonchev–Trinajstić information content (AvgIpc) is 3.24. The lowest BCUT2D eigenvalue weighted by atomic mass is 9.92. The summed E-state index contributed by atoms with van der Waals surface area (Å²) in [5.74, 6) is 0.245. The summed E-state index contributed by atoms with van der Waals surface area (Å²) in [6.45, 7) is 7.37. The average molecular weight is 465 g/mol. The van der Waals surface area contributed by atoms with E-state index in [2.05, 4.69) is 20.3 Å². The first-order valence-corrected chi connectivity index (χ1v) is 11.6. The molecule has 9 nitrogen and oxygen atoms in total. The number of ether oxygens (including phenoxy) is 1. The van der Waals surface area contributed by atoms with Gasteiger partial charge in [-0.3, -0.25) is 14.3 Å². The summed E-state index contributed by atoms with van der Waals surface area (Å²) in [4.78, 5) is 37.4. The van der Waals surface area contributed by atoms with Gasteiger partial charge in [-0.25, -0.2) is 9.97 Å². The quantitative estimate of drug-likeness (QED) is 0.701. The molecule has 0 aromatic carbocycles. The number of aromatic nitrogens is 4. The van der Waals surface area contributed by atoms with Crippen LogP contribution in [0.2, 0.25) is 0 Å². The molecule has 1 saturated heterocycles. The van der Waals surface area contributed by atoms with Crippen molar-refractivity contribution in [2.75, 3.05) is 31.6 Å². The van der Waals surface area contributed by atoms with Crippen molar-refractivity contribution in [3.63, 3.8) is 0 Å². The number of ketones is 1. The minimum absolute atomic E-state index is 0.0505. The second-order valence-electron chi connectivity index (χ2n) is 9.04. The van der Waals surface area contributed by atoms with Crippen molar-refractivity contribution in [2.45, 2.75) is 46.1 Å². The Balaban J connectivity index is 1.65. The van der Waals surface area contributed by atoms with Crippen LogP contribution in [0.15, 0.2) is 35.1 Å². The molecule has 2 aromatic heterocycles. The van der Waals surface area contributed by atoms with Gasteiger partial charge in [0.25, 0.3) is 5.91 Å². The number of anilines is 1. The van der Waals surface area contributed by atoms with Crippen LogP contribution in [0.25, 0.3) is 11.4 Å². The lowest BCUT2D eigenvalue weighted by Gasteiger charge is -2.31. The Hall–Kier alpha value is -3.33. The van der Waals surface area contributed by atoms with Crippen molar-refractivity contribution < 1.29 is 14.3 Å². The minimum atomic E-state index is -0.323. The normalized spacial score (nSPS) is 17.3. The van der Waals surface area contributed by atoms with Gasteiger partial charge in [-0.2, -0.15) is 5.10 Å². The smallest absolute Gasteiger partial charge is 0.270 e. The molecule has 1 amide bonds. The number of nitrogens with zero attached hydrogens (tertiary/aromatic N) is 5. The van der Waals surface area contributed by atoms with Gasteiger partial charge in [0, 0.05) is 57.5 Å². The molecule has 1 aliphatic heterocycles. The van der Waals surface area contributed by atoms with E-state index in [9.17, 15) is 9.59 Å². The van der Waals surface area contributed by atoms with Crippen LogP contribution in [0.1, 0.15) is 49.2 Å². The number of hydrogen-bond donors (Lipinski definition) is 1. The molecular formula is C25H32N6O3. The molecule has 1 aliphatic carbocycles. The van der Waals surface area contributed by atoms with E-state index in [0.29, 0.717) is 34.9 Å². The summed E-state index contributed by atoms with van der Waals surface area (Å²) < 4.78 is 7.23. The number of aryl methyl sites for hydroxylation is 1. The van der Waals surface area contributed by atoms with E-state index in [0.717, 1.165) is 42.8 Å². The summed E-state index contributed by atoms with van der Waals surface area (Å²) in [5.41, 5.74) is 5.03. The van der Waals surface area contributed by atoms with E-state index in [1.54, 1.807) is 18.0 Å². The molecule has 0 bridgehead atoms. The first-order valence-electron chi connectivity index (χ1n) is 11.6. The van der Waals surface area contributed by atoms with Gasteiger partial charge < -0.3 is 15.0 Å². The number of Topliss-reactive ketones (excluding diaryl/α,β-unsaturated/α-hetero) is 1. The molecule has 0 atom stereocenters. The Labute approximate surface area is 199 Å². The van der Waals surface area contributed by atoms with Gasteiger partial charge in [0.05, 0.1) is 17.5 Å². The number of methoxy groups -OCH3 is 1. The second-order valence-corrected chi connectivity index (χ2v) is 9.04. The van der Waals surface area contributed by atoms with Crippen molar-refractivity contribution in [3.8, 4) is 11.4 Å². The predicted octanol–water partition coefficient (Wildman–Crippen LogP) is 2.77. The first kappa shape index (κ1) is 23.8. The molecule has 0 spiro atoms. The third kappa shape index (κ3) is 4.79. The molecule has 0 radical (unpaired) electrons. The van der Waals surface area contributed by atoms with E-state index in [1.165, 1.54) is 0 Å². The monoisotopic (exact) mass is 464 g/mol.